The molecule has 0 aliphatic carbocycles. The maximum Gasteiger partial charge on any atom is 0.260 e. The van der Waals surface area contributed by atoms with Gasteiger partial charge in [0.15, 0.2) is 5.82 Å². The molecule has 18 heavy (non-hydrogen) atoms. The summed E-state index contributed by atoms with van der Waals surface area (Å²) in [6.45, 7) is 0. The van der Waals surface area contributed by atoms with Gasteiger partial charge in [0, 0.05) is 5.39 Å². The minimum absolute atomic E-state index is 0.310. The standard InChI is InChI=1S/C12H11N3O3/c1-16-8-3-4-9(17-2)10-6(8)5-7-11(13)15-18-12(7)14-10/h3-5H,1-2H3,(H2,13,15). The zero-order valence-electron chi connectivity index (χ0n) is 9.93. The Kier molecular flexibility index (Phi) is 2.22. The van der Waals surface area contributed by atoms with Crippen LogP contribution in [0.3, 0.4) is 0 Å². The van der Waals surface area contributed by atoms with Crippen LogP contribution >= 0.6 is 0 Å². The summed E-state index contributed by atoms with van der Waals surface area (Å²) >= 11 is 0. The molecule has 0 aliphatic rings. The Hall–Kier alpha value is -2.50. The summed E-state index contributed by atoms with van der Waals surface area (Å²) in [6, 6.07) is 5.45. The first kappa shape index (κ1) is 10.6. The smallest absolute Gasteiger partial charge is 0.260 e. The zero-order chi connectivity index (χ0) is 12.7. The van der Waals surface area contributed by atoms with Gasteiger partial charge in [-0.25, -0.2) is 4.98 Å². The molecule has 2 aromatic heterocycles. The highest BCUT2D eigenvalue weighted by molar-refractivity contribution is 6.00. The Bertz CT molecular complexity index is 736. The number of aromatic nitrogens is 2. The molecule has 0 atom stereocenters. The number of anilines is 1. The van der Waals surface area contributed by atoms with Crippen molar-refractivity contribution in [2.45, 2.75) is 0 Å². The molecule has 3 rings (SSSR count). The van der Waals surface area contributed by atoms with Crippen molar-refractivity contribution in [3.05, 3.63) is 18.2 Å². The van der Waals surface area contributed by atoms with Gasteiger partial charge in [-0.3, -0.25) is 0 Å². The molecule has 2 N–H and O–H groups in total. The van der Waals surface area contributed by atoms with Crippen LogP contribution < -0.4 is 15.2 Å². The van der Waals surface area contributed by atoms with Crippen LogP contribution in [0.15, 0.2) is 22.7 Å². The summed E-state index contributed by atoms with van der Waals surface area (Å²) in [6.07, 6.45) is 0. The van der Waals surface area contributed by atoms with Gasteiger partial charge in [-0.1, -0.05) is 5.16 Å². The Labute approximate surface area is 102 Å². The predicted octanol–water partition coefficient (Wildman–Crippen LogP) is 1.98. The molecule has 1 aromatic carbocycles. The van der Waals surface area contributed by atoms with E-state index in [1.54, 1.807) is 20.3 Å². The molecule has 92 valence electrons. The molecule has 6 nitrogen and oxygen atoms in total. The molecule has 0 amide bonds. The van der Waals surface area contributed by atoms with Gasteiger partial charge in [0.1, 0.15) is 17.0 Å². The van der Waals surface area contributed by atoms with E-state index in [2.05, 4.69) is 10.1 Å². The molecule has 0 unspecified atom stereocenters. The van der Waals surface area contributed by atoms with E-state index in [9.17, 15) is 0 Å². The molecular weight excluding hydrogens is 234 g/mol. The van der Waals surface area contributed by atoms with E-state index in [4.69, 9.17) is 19.7 Å². The molecule has 0 spiro atoms. The fraction of sp³-hybridized carbons (Fsp3) is 0.167. The zero-order valence-corrected chi connectivity index (χ0v) is 9.93. The van der Waals surface area contributed by atoms with E-state index in [0.717, 1.165) is 5.39 Å². The molecule has 2 heterocycles. The monoisotopic (exact) mass is 245 g/mol. The molecule has 0 aliphatic heterocycles. The summed E-state index contributed by atoms with van der Waals surface area (Å²) in [4.78, 5) is 4.36. The SMILES string of the molecule is COc1ccc(OC)c2nc3onc(N)c3cc12. The summed E-state index contributed by atoms with van der Waals surface area (Å²) in [7, 11) is 3.18. The predicted molar refractivity (Wildman–Crippen MR) is 66.8 cm³/mol. The molecule has 6 heteroatoms. The number of ether oxygens (including phenoxy) is 2. The number of benzene rings is 1. The van der Waals surface area contributed by atoms with Crippen LogP contribution in [-0.2, 0) is 0 Å². The number of rotatable bonds is 2. The molecule has 0 saturated heterocycles. The van der Waals surface area contributed by atoms with Gasteiger partial charge < -0.3 is 19.7 Å². The molecular formula is C12H11N3O3. The van der Waals surface area contributed by atoms with Gasteiger partial charge in [-0.05, 0) is 18.2 Å². The summed E-state index contributed by atoms with van der Waals surface area (Å²) in [5, 5.41) is 5.15. The largest absolute Gasteiger partial charge is 0.496 e. The van der Waals surface area contributed by atoms with Crippen LogP contribution in [0.2, 0.25) is 0 Å². The van der Waals surface area contributed by atoms with E-state index in [0.29, 0.717) is 33.9 Å². The lowest BCUT2D eigenvalue weighted by Gasteiger charge is -2.08. The first-order chi connectivity index (χ1) is 8.74. The van der Waals surface area contributed by atoms with Crippen LogP contribution in [0.5, 0.6) is 11.5 Å². The molecule has 0 radical (unpaired) electrons. The number of nitrogen functional groups attached to an aromatic ring is 1. The van der Waals surface area contributed by atoms with Crippen molar-refractivity contribution in [3.8, 4) is 11.5 Å². The van der Waals surface area contributed by atoms with E-state index in [-0.39, 0.29) is 0 Å². The third-order valence-electron chi connectivity index (χ3n) is 2.82. The second kappa shape index (κ2) is 3.76. The number of nitrogens with two attached hydrogens (primary N) is 1. The van der Waals surface area contributed by atoms with Crippen molar-refractivity contribution in [2.24, 2.45) is 0 Å². The van der Waals surface area contributed by atoms with Crippen molar-refractivity contribution >= 4 is 27.8 Å². The van der Waals surface area contributed by atoms with Gasteiger partial charge >= 0.3 is 0 Å². The topological polar surface area (TPSA) is 83.4 Å². The van der Waals surface area contributed by atoms with E-state index < -0.39 is 0 Å². The minimum atomic E-state index is 0.310. The van der Waals surface area contributed by atoms with Crippen molar-refractivity contribution in [1.82, 2.24) is 10.1 Å². The highest BCUT2D eigenvalue weighted by Crippen LogP contribution is 2.34. The number of hydrogen-bond acceptors (Lipinski definition) is 6. The van der Waals surface area contributed by atoms with E-state index in [1.807, 2.05) is 12.1 Å². The highest BCUT2D eigenvalue weighted by Gasteiger charge is 2.14. The average Bonchev–Trinajstić information content (AvgIpc) is 2.76. The maximum atomic E-state index is 5.71. The quantitative estimate of drug-likeness (QED) is 0.743. The first-order valence-electron chi connectivity index (χ1n) is 5.31. The lowest BCUT2D eigenvalue weighted by Crippen LogP contribution is -1.92. The normalized spacial score (nSPS) is 11.0. The number of methoxy groups -OCH3 is 2. The lowest BCUT2D eigenvalue weighted by molar-refractivity contribution is 0.409. The van der Waals surface area contributed by atoms with Crippen LogP contribution in [-0.4, -0.2) is 24.4 Å². The Balaban J connectivity index is 2.48. The molecule has 3 aromatic rings. The van der Waals surface area contributed by atoms with Crippen LogP contribution in [0.1, 0.15) is 0 Å². The number of hydrogen-bond donors (Lipinski definition) is 1. The molecule has 0 fully saturated rings. The Morgan fingerprint density at radius 1 is 1.11 bits per heavy atom. The highest BCUT2D eigenvalue weighted by atomic mass is 16.5. The summed E-state index contributed by atoms with van der Waals surface area (Å²) in [5.74, 6) is 1.65. The first-order valence-corrected chi connectivity index (χ1v) is 5.31. The van der Waals surface area contributed by atoms with Crippen molar-refractivity contribution < 1.29 is 14.0 Å². The summed E-state index contributed by atoms with van der Waals surface area (Å²) < 4.78 is 15.6. The maximum absolute atomic E-state index is 5.71. The van der Waals surface area contributed by atoms with Crippen LogP contribution in [0.25, 0.3) is 22.0 Å². The van der Waals surface area contributed by atoms with E-state index in [1.165, 1.54) is 0 Å². The molecule has 0 saturated carbocycles. The lowest BCUT2D eigenvalue weighted by atomic mass is 10.1. The van der Waals surface area contributed by atoms with Crippen molar-refractivity contribution in [1.29, 1.82) is 0 Å². The van der Waals surface area contributed by atoms with Crippen LogP contribution in [0, 0.1) is 0 Å². The number of nitrogens with zero attached hydrogens (tertiary/aromatic N) is 2. The molecule has 0 bridgehead atoms. The number of fused-ring (bicyclic) bond motifs is 2. The minimum Gasteiger partial charge on any atom is -0.496 e. The average molecular weight is 245 g/mol. The van der Waals surface area contributed by atoms with Gasteiger partial charge in [0.2, 0.25) is 0 Å². The van der Waals surface area contributed by atoms with Gasteiger partial charge in [0.05, 0.1) is 19.6 Å². The van der Waals surface area contributed by atoms with Gasteiger partial charge in [-0.2, -0.15) is 0 Å². The third-order valence-corrected chi connectivity index (χ3v) is 2.82. The second-order valence-electron chi connectivity index (χ2n) is 3.78. The Morgan fingerprint density at radius 3 is 2.56 bits per heavy atom. The third kappa shape index (κ3) is 1.35. The van der Waals surface area contributed by atoms with Gasteiger partial charge in [-0.15, -0.1) is 0 Å². The van der Waals surface area contributed by atoms with E-state index >= 15 is 0 Å². The van der Waals surface area contributed by atoms with Crippen molar-refractivity contribution in [3.63, 3.8) is 0 Å². The van der Waals surface area contributed by atoms with Crippen molar-refractivity contribution in [2.75, 3.05) is 20.0 Å². The van der Waals surface area contributed by atoms with Gasteiger partial charge in [0.25, 0.3) is 5.71 Å². The summed E-state index contributed by atoms with van der Waals surface area (Å²) in [5.41, 5.74) is 6.75. The second-order valence-corrected chi connectivity index (χ2v) is 3.78. The fourth-order valence-corrected chi connectivity index (χ4v) is 1.93. The van der Waals surface area contributed by atoms with Crippen LogP contribution in [0.4, 0.5) is 5.82 Å². The fourth-order valence-electron chi connectivity index (χ4n) is 1.93. The number of pyridine rings is 1. The Morgan fingerprint density at radius 2 is 1.83 bits per heavy atom.